The summed E-state index contributed by atoms with van der Waals surface area (Å²) in [4.78, 5) is 0. The SMILES string of the molecule is CCC(COC(CO)CO)OC. The zero-order valence-corrected chi connectivity index (χ0v) is 7.69. The lowest BCUT2D eigenvalue weighted by atomic mass is 10.3. The van der Waals surface area contributed by atoms with Gasteiger partial charge in [0.1, 0.15) is 6.10 Å². The molecule has 74 valence electrons. The summed E-state index contributed by atoms with van der Waals surface area (Å²) in [5, 5.41) is 17.3. The van der Waals surface area contributed by atoms with Crippen LogP contribution < -0.4 is 0 Å². The Morgan fingerprint density at radius 1 is 1.17 bits per heavy atom. The molecule has 0 fully saturated rings. The number of methoxy groups -OCH3 is 1. The first-order valence-electron chi connectivity index (χ1n) is 4.14. The molecule has 2 N–H and O–H groups in total. The lowest BCUT2D eigenvalue weighted by Crippen LogP contribution is -2.27. The molecule has 0 aromatic heterocycles. The lowest BCUT2D eigenvalue weighted by molar-refractivity contribution is -0.0635. The Labute approximate surface area is 73.1 Å². The van der Waals surface area contributed by atoms with Gasteiger partial charge >= 0.3 is 0 Å². The van der Waals surface area contributed by atoms with Crippen LogP contribution in [0.3, 0.4) is 0 Å². The van der Waals surface area contributed by atoms with E-state index in [1.54, 1.807) is 7.11 Å². The normalized spacial score (nSPS) is 13.8. The van der Waals surface area contributed by atoms with Gasteiger partial charge in [-0.3, -0.25) is 0 Å². The second-order valence-electron chi connectivity index (χ2n) is 2.59. The van der Waals surface area contributed by atoms with E-state index in [2.05, 4.69) is 0 Å². The van der Waals surface area contributed by atoms with Crippen molar-refractivity contribution >= 4 is 0 Å². The average molecular weight is 178 g/mol. The van der Waals surface area contributed by atoms with Crippen LogP contribution in [0.4, 0.5) is 0 Å². The summed E-state index contributed by atoms with van der Waals surface area (Å²) in [5.41, 5.74) is 0. The van der Waals surface area contributed by atoms with Gasteiger partial charge in [0.15, 0.2) is 0 Å². The van der Waals surface area contributed by atoms with E-state index in [-0.39, 0.29) is 19.3 Å². The summed E-state index contributed by atoms with van der Waals surface area (Å²) >= 11 is 0. The molecule has 0 saturated heterocycles. The van der Waals surface area contributed by atoms with Gasteiger partial charge in [-0.1, -0.05) is 6.92 Å². The molecule has 1 atom stereocenters. The first-order chi connectivity index (χ1) is 5.78. The van der Waals surface area contributed by atoms with Crippen molar-refractivity contribution in [1.82, 2.24) is 0 Å². The van der Waals surface area contributed by atoms with Crippen molar-refractivity contribution in [2.75, 3.05) is 26.9 Å². The number of hydrogen-bond donors (Lipinski definition) is 2. The van der Waals surface area contributed by atoms with E-state index in [4.69, 9.17) is 19.7 Å². The number of ether oxygens (including phenoxy) is 2. The van der Waals surface area contributed by atoms with E-state index in [1.165, 1.54) is 0 Å². The molecule has 0 aliphatic rings. The molecule has 1 unspecified atom stereocenters. The largest absolute Gasteiger partial charge is 0.394 e. The standard InChI is InChI=1S/C8H18O4/c1-3-7(11-2)6-12-8(4-9)5-10/h7-10H,3-6H2,1-2H3. The maximum atomic E-state index is 8.66. The average Bonchev–Trinajstić information content (AvgIpc) is 2.13. The Kier molecular flexibility index (Phi) is 7.39. The molecule has 0 heterocycles. The van der Waals surface area contributed by atoms with Crippen molar-refractivity contribution in [3.63, 3.8) is 0 Å². The quantitative estimate of drug-likeness (QED) is 0.566. The third-order valence-electron chi connectivity index (χ3n) is 1.71. The molecule has 4 nitrogen and oxygen atoms in total. The fourth-order valence-electron chi connectivity index (χ4n) is 0.759. The Morgan fingerprint density at radius 2 is 1.75 bits per heavy atom. The Morgan fingerprint density at radius 3 is 2.08 bits per heavy atom. The Balaban J connectivity index is 3.49. The van der Waals surface area contributed by atoms with Crippen LogP contribution in [0, 0.1) is 0 Å². The van der Waals surface area contributed by atoms with E-state index >= 15 is 0 Å². The van der Waals surface area contributed by atoms with Crippen molar-refractivity contribution in [3.8, 4) is 0 Å². The van der Waals surface area contributed by atoms with E-state index in [0.717, 1.165) is 6.42 Å². The predicted octanol–water partition coefficient (Wildman–Crippen LogP) is -0.219. The number of rotatable bonds is 7. The predicted molar refractivity (Wildman–Crippen MR) is 45.0 cm³/mol. The van der Waals surface area contributed by atoms with Crippen LogP contribution in [-0.2, 0) is 9.47 Å². The molecule has 0 aromatic rings. The molecular weight excluding hydrogens is 160 g/mol. The van der Waals surface area contributed by atoms with Crippen LogP contribution in [0.1, 0.15) is 13.3 Å². The summed E-state index contributed by atoms with van der Waals surface area (Å²) in [5.74, 6) is 0. The minimum Gasteiger partial charge on any atom is -0.394 e. The maximum absolute atomic E-state index is 8.66. The van der Waals surface area contributed by atoms with Gasteiger partial charge in [-0.25, -0.2) is 0 Å². The van der Waals surface area contributed by atoms with Gasteiger partial charge in [0.25, 0.3) is 0 Å². The summed E-state index contributed by atoms with van der Waals surface area (Å²) < 4.78 is 10.2. The highest BCUT2D eigenvalue weighted by atomic mass is 16.5. The first-order valence-corrected chi connectivity index (χ1v) is 4.14. The van der Waals surface area contributed by atoms with E-state index in [1.807, 2.05) is 6.92 Å². The van der Waals surface area contributed by atoms with Crippen LogP contribution in [-0.4, -0.2) is 49.4 Å². The second-order valence-corrected chi connectivity index (χ2v) is 2.59. The number of aliphatic hydroxyl groups excluding tert-OH is 2. The van der Waals surface area contributed by atoms with Crippen molar-refractivity contribution < 1.29 is 19.7 Å². The molecule has 12 heavy (non-hydrogen) atoms. The third kappa shape index (κ3) is 4.66. The molecule has 0 amide bonds. The molecule has 0 bridgehead atoms. The van der Waals surface area contributed by atoms with E-state index in [0.29, 0.717) is 6.61 Å². The molecule has 0 rings (SSSR count). The Bertz CT molecular complexity index is 77.1. The zero-order valence-electron chi connectivity index (χ0n) is 7.69. The van der Waals surface area contributed by atoms with Crippen LogP contribution in [0.5, 0.6) is 0 Å². The van der Waals surface area contributed by atoms with Gasteiger partial charge in [0, 0.05) is 7.11 Å². The number of hydrogen-bond acceptors (Lipinski definition) is 4. The molecule has 0 spiro atoms. The summed E-state index contributed by atoms with van der Waals surface area (Å²) in [6, 6.07) is 0. The summed E-state index contributed by atoms with van der Waals surface area (Å²) in [7, 11) is 1.62. The van der Waals surface area contributed by atoms with Gasteiger partial charge in [-0.05, 0) is 6.42 Å². The summed E-state index contributed by atoms with van der Waals surface area (Å²) in [6.07, 6.45) is 0.430. The van der Waals surface area contributed by atoms with Gasteiger partial charge in [0.05, 0.1) is 25.9 Å². The molecule has 0 aromatic carbocycles. The highest BCUT2D eigenvalue weighted by Gasteiger charge is 2.09. The van der Waals surface area contributed by atoms with Crippen molar-refractivity contribution in [1.29, 1.82) is 0 Å². The fourth-order valence-corrected chi connectivity index (χ4v) is 0.759. The van der Waals surface area contributed by atoms with E-state index in [9.17, 15) is 0 Å². The number of aliphatic hydroxyl groups is 2. The van der Waals surface area contributed by atoms with Crippen molar-refractivity contribution in [2.24, 2.45) is 0 Å². The maximum Gasteiger partial charge on any atom is 0.104 e. The van der Waals surface area contributed by atoms with E-state index < -0.39 is 6.10 Å². The van der Waals surface area contributed by atoms with Gasteiger partial charge in [-0.2, -0.15) is 0 Å². The summed E-state index contributed by atoms with van der Waals surface area (Å²) in [6.45, 7) is 2.09. The van der Waals surface area contributed by atoms with Gasteiger partial charge in [0.2, 0.25) is 0 Å². The van der Waals surface area contributed by atoms with Crippen LogP contribution in [0.2, 0.25) is 0 Å². The molecule has 0 aliphatic heterocycles. The topological polar surface area (TPSA) is 58.9 Å². The lowest BCUT2D eigenvalue weighted by Gasteiger charge is -2.17. The first kappa shape index (κ1) is 11.8. The van der Waals surface area contributed by atoms with Crippen molar-refractivity contribution in [2.45, 2.75) is 25.6 Å². The zero-order chi connectivity index (χ0) is 9.40. The highest BCUT2D eigenvalue weighted by Crippen LogP contribution is 1.99. The smallest absolute Gasteiger partial charge is 0.104 e. The molecular formula is C8H18O4. The Hall–Kier alpha value is -0.160. The molecule has 4 heteroatoms. The van der Waals surface area contributed by atoms with Crippen LogP contribution in [0.25, 0.3) is 0 Å². The fraction of sp³-hybridized carbons (Fsp3) is 1.00. The third-order valence-corrected chi connectivity index (χ3v) is 1.71. The second kappa shape index (κ2) is 7.49. The van der Waals surface area contributed by atoms with Gasteiger partial charge in [-0.15, -0.1) is 0 Å². The van der Waals surface area contributed by atoms with Crippen molar-refractivity contribution in [3.05, 3.63) is 0 Å². The molecule has 0 saturated carbocycles. The monoisotopic (exact) mass is 178 g/mol. The minimum atomic E-state index is -0.478. The highest BCUT2D eigenvalue weighted by molar-refractivity contribution is 4.57. The van der Waals surface area contributed by atoms with Crippen LogP contribution in [0.15, 0.2) is 0 Å². The van der Waals surface area contributed by atoms with Gasteiger partial charge < -0.3 is 19.7 Å². The molecule has 0 aliphatic carbocycles. The minimum absolute atomic E-state index is 0.0469. The van der Waals surface area contributed by atoms with Crippen LogP contribution >= 0.6 is 0 Å². The molecule has 0 radical (unpaired) electrons.